The molecule has 0 bridgehead atoms. The minimum atomic E-state index is -0.338. The number of halogens is 1. The average molecular weight is 232 g/mol. The van der Waals surface area contributed by atoms with Gasteiger partial charge in [-0.3, -0.25) is 0 Å². The van der Waals surface area contributed by atoms with Crippen LogP contribution in [0.5, 0.6) is 11.6 Å². The standard InChI is InChI=1S/C13H13FN2O/c1-9(15)10-5-6-13(16-8-10)17-12-4-2-3-11(14)7-12/h2-9H,15H2,1H3. The molecule has 4 heteroatoms. The van der Waals surface area contributed by atoms with Crippen LogP contribution in [0.3, 0.4) is 0 Å². The molecule has 2 rings (SSSR count). The summed E-state index contributed by atoms with van der Waals surface area (Å²) in [6, 6.07) is 9.41. The Kier molecular flexibility index (Phi) is 3.35. The second-order valence-electron chi connectivity index (χ2n) is 3.78. The maximum Gasteiger partial charge on any atom is 0.219 e. The molecule has 1 heterocycles. The fourth-order valence-electron chi connectivity index (χ4n) is 1.37. The van der Waals surface area contributed by atoms with Crippen molar-refractivity contribution in [2.45, 2.75) is 13.0 Å². The van der Waals surface area contributed by atoms with E-state index in [1.807, 2.05) is 13.0 Å². The molecular formula is C13H13FN2O. The summed E-state index contributed by atoms with van der Waals surface area (Å²) in [5.41, 5.74) is 6.63. The van der Waals surface area contributed by atoms with Crippen LogP contribution in [0.25, 0.3) is 0 Å². The molecule has 1 aromatic carbocycles. The van der Waals surface area contributed by atoms with Gasteiger partial charge in [-0.25, -0.2) is 9.37 Å². The van der Waals surface area contributed by atoms with Crippen LogP contribution in [0.15, 0.2) is 42.6 Å². The number of hydrogen-bond donors (Lipinski definition) is 1. The Morgan fingerprint density at radius 1 is 1.29 bits per heavy atom. The quantitative estimate of drug-likeness (QED) is 0.884. The van der Waals surface area contributed by atoms with Gasteiger partial charge in [0.05, 0.1) is 0 Å². The zero-order chi connectivity index (χ0) is 12.3. The molecule has 1 aromatic heterocycles. The van der Waals surface area contributed by atoms with E-state index >= 15 is 0 Å². The first kappa shape index (κ1) is 11.5. The zero-order valence-electron chi connectivity index (χ0n) is 9.43. The minimum absolute atomic E-state index is 0.0641. The van der Waals surface area contributed by atoms with Crippen molar-refractivity contribution in [3.05, 3.63) is 54.0 Å². The highest BCUT2D eigenvalue weighted by molar-refractivity contribution is 5.28. The van der Waals surface area contributed by atoms with Crippen LogP contribution in [0, 0.1) is 5.82 Å². The SMILES string of the molecule is CC(N)c1ccc(Oc2cccc(F)c2)nc1. The molecule has 0 amide bonds. The Labute approximate surface area is 99.1 Å². The second kappa shape index (κ2) is 4.93. The Hall–Kier alpha value is -1.94. The van der Waals surface area contributed by atoms with Gasteiger partial charge in [0, 0.05) is 24.4 Å². The highest BCUT2D eigenvalue weighted by atomic mass is 19.1. The summed E-state index contributed by atoms with van der Waals surface area (Å²) in [5, 5.41) is 0. The van der Waals surface area contributed by atoms with Crippen LogP contribution < -0.4 is 10.5 Å². The van der Waals surface area contributed by atoms with E-state index in [0.717, 1.165) is 5.56 Å². The van der Waals surface area contributed by atoms with Crippen LogP contribution in [0.2, 0.25) is 0 Å². The Bertz CT molecular complexity index is 497. The van der Waals surface area contributed by atoms with Crippen molar-refractivity contribution in [1.29, 1.82) is 0 Å². The van der Waals surface area contributed by atoms with Crippen molar-refractivity contribution in [1.82, 2.24) is 4.98 Å². The Balaban J connectivity index is 2.14. The molecule has 2 aromatic rings. The van der Waals surface area contributed by atoms with E-state index in [9.17, 15) is 4.39 Å². The fraction of sp³-hybridized carbons (Fsp3) is 0.154. The van der Waals surface area contributed by atoms with Crippen LogP contribution in [-0.2, 0) is 0 Å². The van der Waals surface area contributed by atoms with Gasteiger partial charge in [-0.05, 0) is 24.6 Å². The predicted molar refractivity (Wildman–Crippen MR) is 63.3 cm³/mol. The number of benzene rings is 1. The lowest BCUT2D eigenvalue weighted by Crippen LogP contribution is -2.05. The maximum atomic E-state index is 12.9. The van der Waals surface area contributed by atoms with Crippen molar-refractivity contribution in [3.8, 4) is 11.6 Å². The molecule has 0 fully saturated rings. The molecule has 17 heavy (non-hydrogen) atoms. The predicted octanol–water partition coefficient (Wildman–Crippen LogP) is 3.03. The molecule has 0 aliphatic carbocycles. The van der Waals surface area contributed by atoms with Gasteiger partial charge < -0.3 is 10.5 Å². The molecule has 1 atom stereocenters. The summed E-state index contributed by atoms with van der Waals surface area (Å²) in [4.78, 5) is 4.10. The van der Waals surface area contributed by atoms with E-state index < -0.39 is 0 Å². The molecule has 1 unspecified atom stereocenters. The molecule has 0 aliphatic rings. The van der Waals surface area contributed by atoms with Crippen molar-refractivity contribution in [3.63, 3.8) is 0 Å². The molecule has 0 saturated heterocycles. The third-order valence-corrected chi connectivity index (χ3v) is 2.30. The molecule has 0 saturated carbocycles. The lowest BCUT2D eigenvalue weighted by atomic mass is 10.2. The van der Waals surface area contributed by atoms with E-state index in [1.165, 1.54) is 12.1 Å². The van der Waals surface area contributed by atoms with E-state index in [-0.39, 0.29) is 11.9 Å². The Morgan fingerprint density at radius 3 is 2.71 bits per heavy atom. The number of pyridine rings is 1. The zero-order valence-corrected chi connectivity index (χ0v) is 9.43. The van der Waals surface area contributed by atoms with Gasteiger partial charge in [-0.15, -0.1) is 0 Å². The number of rotatable bonds is 3. The van der Waals surface area contributed by atoms with Gasteiger partial charge in [-0.1, -0.05) is 12.1 Å². The van der Waals surface area contributed by atoms with Crippen molar-refractivity contribution < 1.29 is 9.13 Å². The molecule has 3 nitrogen and oxygen atoms in total. The van der Waals surface area contributed by atoms with E-state index in [2.05, 4.69) is 4.98 Å². The van der Waals surface area contributed by atoms with Crippen LogP contribution in [0.4, 0.5) is 4.39 Å². The van der Waals surface area contributed by atoms with E-state index in [4.69, 9.17) is 10.5 Å². The summed E-state index contributed by atoms with van der Waals surface area (Å²) in [6.07, 6.45) is 1.65. The third kappa shape index (κ3) is 3.01. The number of nitrogens with two attached hydrogens (primary N) is 1. The Morgan fingerprint density at radius 2 is 2.12 bits per heavy atom. The third-order valence-electron chi connectivity index (χ3n) is 2.30. The van der Waals surface area contributed by atoms with Gasteiger partial charge in [0.2, 0.25) is 5.88 Å². The highest BCUT2D eigenvalue weighted by Crippen LogP contribution is 2.20. The number of hydrogen-bond acceptors (Lipinski definition) is 3. The summed E-state index contributed by atoms with van der Waals surface area (Å²) in [5.74, 6) is 0.501. The van der Waals surface area contributed by atoms with Gasteiger partial charge in [0.25, 0.3) is 0 Å². The normalized spacial score (nSPS) is 12.2. The van der Waals surface area contributed by atoms with Gasteiger partial charge in [0.15, 0.2) is 0 Å². The lowest BCUT2D eigenvalue weighted by Gasteiger charge is -2.07. The molecule has 2 N–H and O–H groups in total. The number of ether oxygens (including phenoxy) is 1. The second-order valence-corrected chi connectivity index (χ2v) is 3.78. The highest BCUT2D eigenvalue weighted by Gasteiger charge is 2.02. The first-order valence-electron chi connectivity index (χ1n) is 5.30. The molecular weight excluding hydrogens is 219 g/mol. The molecule has 88 valence electrons. The summed E-state index contributed by atoms with van der Waals surface area (Å²) >= 11 is 0. The van der Waals surface area contributed by atoms with E-state index in [0.29, 0.717) is 11.6 Å². The van der Waals surface area contributed by atoms with Crippen molar-refractivity contribution in [2.24, 2.45) is 5.73 Å². The number of nitrogens with zero attached hydrogens (tertiary/aromatic N) is 1. The van der Waals surface area contributed by atoms with Crippen LogP contribution in [-0.4, -0.2) is 4.98 Å². The van der Waals surface area contributed by atoms with Crippen LogP contribution >= 0.6 is 0 Å². The van der Waals surface area contributed by atoms with Gasteiger partial charge in [-0.2, -0.15) is 0 Å². The van der Waals surface area contributed by atoms with Crippen molar-refractivity contribution in [2.75, 3.05) is 0 Å². The first-order chi connectivity index (χ1) is 8.15. The largest absolute Gasteiger partial charge is 0.439 e. The fourth-order valence-corrected chi connectivity index (χ4v) is 1.37. The van der Waals surface area contributed by atoms with Crippen LogP contribution in [0.1, 0.15) is 18.5 Å². The maximum absolute atomic E-state index is 12.9. The molecule has 0 radical (unpaired) electrons. The average Bonchev–Trinajstić information content (AvgIpc) is 2.29. The van der Waals surface area contributed by atoms with Crippen molar-refractivity contribution >= 4 is 0 Å². The summed E-state index contributed by atoms with van der Waals surface area (Å²) < 4.78 is 18.3. The smallest absolute Gasteiger partial charge is 0.219 e. The first-order valence-corrected chi connectivity index (χ1v) is 5.30. The van der Waals surface area contributed by atoms with Gasteiger partial charge in [0.1, 0.15) is 11.6 Å². The van der Waals surface area contributed by atoms with E-state index in [1.54, 1.807) is 24.4 Å². The summed E-state index contributed by atoms with van der Waals surface area (Å²) in [6.45, 7) is 1.88. The lowest BCUT2D eigenvalue weighted by molar-refractivity contribution is 0.457. The monoisotopic (exact) mass is 232 g/mol. The molecule has 0 aliphatic heterocycles. The summed E-state index contributed by atoms with van der Waals surface area (Å²) in [7, 11) is 0. The topological polar surface area (TPSA) is 48.1 Å². The minimum Gasteiger partial charge on any atom is -0.439 e. The number of aromatic nitrogens is 1. The molecule has 0 spiro atoms. The van der Waals surface area contributed by atoms with Gasteiger partial charge >= 0.3 is 0 Å².